The van der Waals surface area contributed by atoms with Crippen LogP contribution in [0.4, 0.5) is 5.69 Å². The first kappa shape index (κ1) is 22.1. The molecule has 0 saturated carbocycles. The zero-order chi connectivity index (χ0) is 22.9. The molecule has 1 N–H and O–H groups in total. The van der Waals surface area contributed by atoms with Crippen molar-refractivity contribution < 1.29 is 27.5 Å². The average molecular weight is 460 g/mol. The van der Waals surface area contributed by atoms with Gasteiger partial charge in [-0.15, -0.1) is 0 Å². The van der Waals surface area contributed by atoms with Crippen molar-refractivity contribution in [3.63, 3.8) is 0 Å². The molecule has 2 aromatic rings. The number of rotatable bonds is 5. The van der Waals surface area contributed by atoms with Gasteiger partial charge in [-0.25, -0.2) is 8.42 Å². The second-order valence-corrected chi connectivity index (χ2v) is 9.52. The number of ether oxygens (including phenoxy) is 2. The summed E-state index contributed by atoms with van der Waals surface area (Å²) in [5.41, 5.74) is 0.868. The first-order valence-corrected chi connectivity index (χ1v) is 11.8. The number of anilines is 1. The summed E-state index contributed by atoms with van der Waals surface area (Å²) >= 11 is 0. The van der Waals surface area contributed by atoms with Crippen molar-refractivity contribution in [1.29, 1.82) is 0 Å². The first-order chi connectivity index (χ1) is 15.3. The van der Waals surface area contributed by atoms with E-state index in [1.54, 1.807) is 42.3 Å². The quantitative estimate of drug-likeness (QED) is 0.733. The number of carbonyl (C=O) groups is 2. The SMILES string of the molecule is CC[C@H]1Oc2ccc(S(=O)(=O)N3CCN(C(=O)c4ccc(OC)cc4)CC3)cc2NC1=O. The van der Waals surface area contributed by atoms with E-state index in [-0.39, 0.29) is 42.9 Å². The minimum absolute atomic E-state index is 0.0741. The van der Waals surface area contributed by atoms with Crippen LogP contribution in [0.5, 0.6) is 11.5 Å². The van der Waals surface area contributed by atoms with Crippen LogP contribution in [0.15, 0.2) is 47.4 Å². The van der Waals surface area contributed by atoms with E-state index in [9.17, 15) is 18.0 Å². The average Bonchev–Trinajstić information content (AvgIpc) is 2.82. The molecular formula is C22H25N3O6S. The minimum Gasteiger partial charge on any atom is -0.497 e. The first-order valence-electron chi connectivity index (χ1n) is 10.4. The molecule has 2 aromatic carbocycles. The predicted molar refractivity (Wildman–Crippen MR) is 117 cm³/mol. The van der Waals surface area contributed by atoms with Crippen LogP contribution >= 0.6 is 0 Å². The predicted octanol–water partition coefficient (Wildman–Crippen LogP) is 1.95. The molecule has 0 radical (unpaired) electrons. The molecule has 1 saturated heterocycles. The summed E-state index contributed by atoms with van der Waals surface area (Å²) in [5.74, 6) is 0.670. The molecule has 10 heteroatoms. The lowest BCUT2D eigenvalue weighted by atomic mass is 10.2. The Kier molecular flexibility index (Phi) is 6.07. The number of methoxy groups -OCH3 is 1. The Hall–Kier alpha value is -3.11. The van der Waals surface area contributed by atoms with Gasteiger partial charge in [0.2, 0.25) is 10.0 Å². The van der Waals surface area contributed by atoms with Crippen LogP contribution in [0.1, 0.15) is 23.7 Å². The lowest BCUT2D eigenvalue weighted by molar-refractivity contribution is -0.123. The molecular weight excluding hydrogens is 434 g/mol. The van der Waals surface area contributed by atoms with Crippen molar-refractivity contribution in [1.82, 2.24) is 9.21 Å². The number of benzene rings is 2. The number of carbonyl (C=O) groups excluding carboxylic acids is 2. The Morgan fingerprint density at radius 1 is 1.12 bits per heavy atom. The normalized spacial score (nSPS) is 19.0. The molecule has 0 aliphatic carbocycles. The third-order valence-corrected chi connectivity index (χ3v) is 7.54. The second-order valence-electron chi connectivity index (χ2n) is 7.59. The highest BCUT2D eigenvalue weighted by atomic mass is 32.2. The summed E-state index contributed by atoms with van der Waals surface area (Å²) in [5, 5.41) is 2.72. The number of hydrogen-bond donors (Lipinski definition) is 1. The molecule has 1 atom stereocenters. The van der Waals surface area contributed by atoms with E-state index in [1.165, 1.54) is 16.4 Å². The van der Waals surface area contributed by atoms with Crippen LogP contribution < -0.4 is 14.8 Å². The summed E-state index contributed by atoms with van der Waals surface area (Å²) in [6.45, 7) is 2.78. The minimum atomic E-state index is -3.78. The molecule has 2 amide bonds. The maximum atomic E-state index is 13.1. The standard InChI is InChI=1S/C22H25N3O6S/c1-3-19-21(26)23-18-14-17(8-9-20(18)31-19)32(28,29)25-12-10-24(11-13-25)22(27)15-4-6-16(30-2)7-5-15/h4-9,14,19H,3,10-13H2,1-2H3,(H,23,26)/t19-/m1/s1. The van der Waals surface area contributed by atoms with Crippen LogP contribution in [0.3, 0.4) is 0 Å². The summed E-state index contributed by atoms with van der Waals surface area (Å²) in [6, 6.07) is 11.3. The van der Waals surface area contributed by atoms with Gasteiger partial charge >= 0.3 is 0 Å². The zero-order valence-corrected chi connectivity index (χ0v) is 18.7. The number of sulfonamides is 1. The van der Waals surface area contributed by atoms with Crippen LogP contribution in [0.25, 0.3) is 0 Å². The Morgan fingerprint density at radius 2 is 1.81 bits per heavy atom. The molecule has 2 heterocycles. The maximum absolute atomic E-state index is 13.1. The summed E-state index contributed by atoms with van der Waals surface area (Å²) in [4.78, 5) is 26.5. The molecule has 32 heavy (non-hydrogen) atoms. The van der Waals surface area contributed by atoms with Gasteiger partial charge < -0.3 is 19.7 Å². The third kappa shape index (κ3) is 4.15. The van der Waals surface area contributed by atoms with Gasteiger partial charge in [0.25, 0.3) is 11.8 Å². The van der Waals surface area contributed by atoms with Crippen molar-refractivity contribution in [2.24, 2.45) is 0 Å². The highest BCUT2D eigenvalue weighted by Gasteiger charge is 2.32. The molecule has 0 bridgehead atoms. The molecule has 2 aliphatic heterocycles. The van der Waals surface area contributed by atoms with Crippen LogP contribution in [-0.4, -0.2) is 68.8 Å². The Bertz CT molecular complexity index is 1120. The molecule has 170 valence electrons. The largest absolute Gasteiger partial charge is 0.497 e. The highest BCUT2D eigenvalue weighted by molar-refractivity contribution is 7.89. The summed E-state index contributed by atoms with van der Waals surface area (Å²) in [6.07, 6.45) is -0.0635. The van der Waals surface area contributed by atoms with E-state index in [4.69, 9.17) is 9.47 Å². The highest BCUT2D eigenvalue weighted by Crippen LogP contribution is 2.33. The molecule has 0 aromatic heterocycles. The molecule has 0 unspecified atom stereocenters. The number of amides is 2. The smallest absolute Gasteiger partial charge is 0.265 e. The van der Waals surface area contributed by atoms with Crippen molar-refractivity contribution in [3.8, 4) is 11.5 Å². The maximum Gasteiger partial charge on any atom is 0.265 e. The van der Waals surface area contributed by atoms with Gasteiger partial charge in [-0.1, -0.05) is 6.92 Å². The number of nitrogens with one attached hydrogen (secondary N) is 1. The van der Waals surface area contributed by atoms with Crippen LogP contribution in [-0.2, 0) is 14.8 Å². The van der Waals surface area contributed by atoms with E-state index in [0.29, 0.717) is 29.2 Å². The second kappa shape index (κ2) is 8.79. The Balaban J connectivity index is 1.44. The van der Waals surface area contributed by atoms with Crippen molar-refractivity contribution >= 4 is 27.5 Å². The molecule has 1 fully saturated rings. The van der Waals surface area contributed by atoms with Gasteiger partial charge in [0.15, 0.2) is 6.10 Å². The molecule has 9 nitrogen and oxygen atoms in total. The fraction of sp³-hybridized carbons (Fsp3) is 0.364. The van der Waals surface area contributed by atoms with Gasteiger partial charge in [0, 0.05) is 31.7 Å². The number of hydrogen-bond acceptors (Lipinski definition) is 6. The van der Waals surface area contributed by atoms with Crippen LogP contribution in [0, 0.1) is 0 Å². The van der Waals surface area contributed by atoms with Gasteiger partial charge in [-0.2, -0.15) is 4.31 Å². The summed E-state index contributed by atoms with van der Waals surface area (Å²) < 4.78 is 38.4. The van der Waals surface area contributed by atoms with Crippen molar-refractivity contribution in [3.05, 3.63) is 48.0 Å². The van der Waals surface area contributed by atoms with Gasteiger partial charge in [0.1, 0.15) is 11.5 Å². The topological polar surface area (TPSA) is 105 Å². The van der Waals surface area contributed by atoms with Gasteiger partial charge in [0.05, 0.1) is 17.7 Å². The molecule has 2 aliphatic rings. The van der Waals surface area contributed by atoms with Gasteiger partial charge in [-0.3, -0.25) is 9.59 Å². The lowest BCUT2D eigenvalue weighted by Crippen LogP contribution is -2.50. The number of nitrogens with zero attached hydrogens (tertiary/aromatic N) is 2. The van der Waals surface area contributed by atoms with E-state index in [1.807, 2.05) is 6.92 Å². The van der Waals surface area contributed by atoms with E-state index >= 15 is 0 Å². The summed E-state index contributed by atoms with van der Waals surface area (Å²) in [7, 11) is -2.23. The monoisotopic (exact) mass is 459 g/mol. The van der Waals surface area contributed by atoms with Crippen molar-refractivity contribution in [2.45, 2.75) is 24.3 Å². The third-order valence-electron chi connectivity index (χ3n) is 5.64. The van der Waals surface area contributed by atoms with Gasteiger partial charge in [-0.05, 0) is 48.9 Å². The number of fused-ring (bicyclic) bond motifs is 1. The van der Waals surface area contributed by atoms with Crippen molar-refractivity contribution in [2.75, 3.05) is 38.6 Å². The Labute approximate surface area is 187 Å². The zero-order valence-electron chi connectivity index (χ0n) is 17.9. The Morgan fingerprint density at radius 3 is 2.44 bits per heavy atom. The molecule has 4 rings (SSSR count). The van der Waals surface area contributed by atoms with E-state index in [0.717, 1.165) is 0 Å². The molecule has 0 spiro atoms. The van der Waals surface area contributed by atoms with E-state index < -0.39 is 16.1 Å². The lowest BCUT2D eigenvalue weighted by Gasteiger charge is -2.34. The van der Waals surface area contributed by atoms with E-state index in [2.05, 4.69) is 5.32 Å². The fourth-order valence-electron chi connectivity index (χ4n) is 3.76. The number of piperazine rings is 1. The fourth-order valence-corrected chi connectivity index (χ4v) is 5.20. The van der Waals surface area contributed by atoms with Crippen LogP contribution in [0.2, 0.25) is 0 Å².